The van der Waals surface area contributed by atoms with Crippen molar-refractivity contribution in [3.63, 3.8) is 0 Å². The van der Waals surface area contributed by atoms with Crippen LogP contribution >= 0.6 is 0 Å². The second-order valence-electron chi connectivity index (χ2n) is 7.12. The van der Waals surface area contributed by atoms with E-state index in [0.29, 0.717) is 23.7 Å². The average molecular weight is 436 g/mol. The van der Waals surface area contributed by atoms with Gasteiger partial charge >= 0.3 is 0 Å². The molecule has 1 unspecified atom stereocenters. The van der Waals surface area contributed by atoms with E-state index in [9.17, 15) is 4.79 Å². The monoisotopic (exact) mass is 435 g/mol. The van der Waals surface area contributed by atoms with Gasteiger partial charge in [-0.05, 0) is 67.1 Å². The van der Waals surface area contributed by atoms with Crippen LogP contribution < -0.4 is 24.3 Å². The maximum atomic E-state index is 13.2. The highest BCUT2D eigenvalue weighted by Crippen LogP contribution is 2.31. The lowest BCUT2D eigenvalue weighted by Crippen LogP contribution is -2.16. The van der Waals surface area contributed by atoms with E-state index in [0.717, 1.165) is 22.7 Å². The minimum Gasteiger partial charge on any atom is -0.497 e. The van der Waals surface area contributed by atoms with E-state index >= 15 is 0 Å². The van der Waals surface area contributed by atoms with E-state index in [1.54, 1.807) is 39.5 Å². The second-order valence-corrected chi connectivity index (χ2v) is 7.12. The molecule has 0 aliphatic carbocycles. The first kappa shape index (κ1) is 23.0. The summed E-state index contributed by atoms with van der Waals surface area (Å²) in [5.41, 5.74) is 2.44. The molecular formula is C26H29NO5. The lowest BCUT2D eigenvalue weighted by atomic mass is 9.97. The number of anilines is 1. The molecule has 1 atom stereocenters. The highest BCUT2D eigenvalue weighted by atomic mass is 16.5. The zero-order chi connectivity index (χ0) is 22.9. The van der Waals surface area contributed by atoms with Gasteiger partial charge in [0.25, 0.3) is 0 Å². The maximum absolute atomic E-state index is 13.2. The van der Waals surface area contributed by atoms with Gasteiger partial charge in [-0.15, -0.1) is 0 Å². The smallest absolute Gasteiger partial charge is 0.165 e. The molecule has 1 N–H and O–H groups in total. The summed E-state index contributed by atoms with van der Waals surface area (Å²) in [6, 6.07) is 20.4. The molecule has 3 aromatic carbocycles. The van der Waals surface area contributed by atoms with Crippen molar-refractivity contribution in [1.82, 2.24) is 0 Å². The van der Waals surface area contributed by atoms with Gasteiger partial charge in [0.1, 0.15) is 11.5 Å². The Morgan fingerprint density at radius 2 is 1.47 bits per heavy atom. The molecule has 0 bridgehead atoms. The molecule has 3 rings (SSSR count). The van der Waals surface area contributed by atoms with Gasteiger partial charge in [-0.1, -0.05) is 12.1 Å². The molecule has 0 aliphatic rings. The lowest BCUT2D eigenvalue weighted by molar-refractivity contribution is 0.0976. The fourth-order valence-electron chi connectivity index (χ4n) is 3.42. The fourth-order valence-corrected chi connectivity index (χ4v) is 3.42. The molecule has 0 saturated heterocycles. The molecule has 0 amide bonds. The van der Waals surface area contributed by atoms with E-state index in [4.69, 9.17) is 18.9 Å². The number of Topliss-reactive ketones (excluding diaryl/α,β-unsaturated/α-hetero) is 1. The minimum atomic E-state index is -0.237. The molecule has 0 saturated carbocycles. The summed E-state index contributed by atoms with van der Waals surface area (Å²) in [5.74, 6) is 2.67. The Labute approximate surface area is 189 Å². The van der Waals surface area contributed by atoms with Crippen LogP contribution in [0.3, 0.4) is 0 Å². The third-order valence-electron chi connectivity index (χ3n) is 5.12. The topological polar surface area (TPSA) is 66.0 Å². The number of ketones is 1. The van der Waals surface area contributed by atoms with Crippen molar-refractivity contribution in [3.8, 4) is 23.0 Å². The number of rotatable bonds is 11. The molecule has 0 radical (unpaired) electrons. The van der Waals surface area contributed by atoms with Gasteiger partial charge in [-0.2, -0.15) is 0 Å². The molecule has 6 nitrogen and oxygen atoms in total. The van der Waals surface area contributed by atoms with Crippen LogP contribution in [0.2, 0.25) is 0 Å². The maximum Gasteiger partial charge on any atom is 0.165 e. The van der Waals surface area contributed by atoms with Crippen molar-refractivity contribution in [3.05, 3.63) is 77.9 Å². The van der Waals surface area contributed by atoms with Crippen LogP contribution in [0.25, 0.3) is 0 Å². The molecule has 0 fully saturated rings. The van der Waals surface area contributed by atoms with Gasteiger partial charge in [0.15, 0.2) is 17.3 Å². The number of hydrogen-bond donors (Lipinski definition) is 1. The molecule has 0 aliphatic heterocycles. The van der Waals surface area contributed by atoms with Crippen LogP contribution in [0.5, 0.6) is 23.0 Å². The van der Waals surface area contributed by atoms with E-state index in [1.807, 2.05) is 55.5 Å². The summed E-state index contributed by atoms with van der Waals surface area (Å²) in [6.07, 6.45) is 0.259. The van der Waals surface area contributed by atoms with Crippen molar-refractivity contribution in [1.29, 1.82) is 0 Å². The standard InChI is InChI=1S/C26H29NO5/c1-5-32-22-13-9-20(10-14-22)27-23(18-6-11-21(29-2)12-7-18)17-24(28)19-8-15-25(30-3)26(16-19)31-4/h6-16,23,27H,5,17H2,1-4H3. The largest absolute Gasteiger partial charge is 0.497 e. The molecule has 32 heavy (non-hydrogen) atoms. The highest BCUT2D eigenvalue weighted by molar-refractivity contribution is 5.97. The first-order valence-electron chi connectivity index (χ1n) is 10.5. The molecule has 3 aromatic rings. The van der Waals surface area contributed by atoms with Crippen LogP contribution in [-0.4, -0.2) is 33.7 Å². The summed E-state index contributed by atoms with van der Waals surface area (Å²) in [7, 11) is 4.75. The van der Waals surface area contributed by atoms with Gasteiger partial charge in [0.05, 0.1) is 34.0 Å². The van der Waals surface area contributed by atoms with Crippen LogP contribution in [0.1, 0.15) is 35.3 Å². The third-order valence-corrected chi connectivity index (χ3v) is 5.12. The van der Waals surface area contributed by atoms with E-state index in [-0.39, 0.29) is 18.2 Å². The second kappa shape index (κ2) is 11.1. The van der Waals surface area contributed by atoms with Crippen molar-refractivity contribution in [2.24, 2.45) is 0 Å². The quantitative estimate of drug-likeness (QED) is 0.399. The van der Waals surface area contributed by atoms with Crippen LogP contribution in [-0.2, 0) is 0 Å². The van der Waals surface area contributed by atoms with E-state index in [2.05, 4.69) is 5.32 Å². The summed E-state index contributed by atoms with van der Waals surface area (Å²) in [6.45, 7) is 2.56. The normalized spacial score (nSPS) is 11.4. The Bertz CT molecular complexity index is 1020. The van der Waals surface area contributed by atoms with Crippen molar-refractivity contribution in [2.45, 2.75) is 19.4 Å². The first-order chi connectivity index (χ1) is 15.6. The number of methoxy groups -OCH3 is 3. The average Bonchev–Trinajstić information content (AvgIpc) is 2.84. The molecule has 6 heteroatoms. The lowest BCUT2D eigenvalue weighted by Gasteiger charge is -2.21. The number of ether oxygens (including phenoxy) is 4. The molecule has 0 aromatic heterocycles. The van der Waals surface area contributed by atoms with Crippen LogP contribution in [0, 0.1) is 0 Å². The zero-order valence-corrected chi connectivity index (χ0v) is 18.9. The number of carbonyl (C=O) groups is 1. The highest BCUT2D eigenvalue weighted by Gasteiger charge is 2.19. The number of nitrogens with one attached hydrogen (secondary N) is 1. The van der Waals surface area contributed by atoms with E-state index < -0.39 is 0 Å². The minimum absolute atomic E-state index is 0.00907. The molecule has 168 valence electrons. The van der Waals surface area contributed by atoms with Gasteiger partial charge in [0.2, 0.25) is 0 Å². The summed E-state index contributed by atoms with van der Waals surface area (Å²) in [4.78, 5) is 13.2. The Morgan fingerprint density at radius 1 is 0.812 bits per heavy atom. The van der Waals surface area contributed by atoms with Crippen molar-refractivity contribution in [2.75, 3.05) is 33.3 Å². The Kier molecular flexibility index (Phi) is 7.97. The first-order valence-corrected chi connectivity index (χ1v) is 10.5. The number of hydrogen-bond acceptors (Lipinski definition) is 6. The number of carbonyl (C=O) groups excluding carboxylic acids is 1. The Hall–Kier alpha value is -3.67. The summed E-state index contributed by atoms with van der Waals surface area (Å²) >= 11 is 0. The third kappa shape index (κ3) is 5.72. The molecule has 0 heterocycles. The molecular weight excluding hydrogens is 406 g/mol. The summed E-state index contributed by atoms with van der Waals surface area (Å²) in [5, 5.41) is 3.48. The Morgan fingerprint density at radius 3 is 2.06 bits per heavy atom. The number of benzene rings is 3. The van der Waals surface area contributed by atoms with Crippen LogP contribution in [0.15, 0.2) is 66.7 Å². The van der Waals surface area contributed by atoms with Gasteiger partial charge in [0, 0.05) is 17.7 Å². The van der Waals surface area contributed by atoms with E-state index in [1.165, 1.54) is 0 Å². The predicted molar refractivity (Wildman–Crippen MR) is 125 cm³/mol. The van der Waals surface area contributed by atoms with Gasteiger partial charge < -0.3 is 24.3 Å². The van der Waals surface area contributed by atoms with Crippen LogP contribution in [0.4, 0.5) is 5.69 Å². The fraction of sp³-hybridized carbons (Fsp3) is 0.269. The summed E-state index contributed by atoms with van der Waals surface area (Å²) < 4.78 is 21.4. The van der Waals surface area contributed by atoms with Gasteiger partial charge in [-0.3, -0.25) is 4.79 Å². The zero-order valence-electron chi connectivity index (χ0n) is 18.9. The SMILES string of the molecule is CCOc1ccc(NC(CC(=O)c2ccc(OC)c(OC)c2)c2ccc(OC)cc2)cc1. The predicted octanol–water partition coefficient (Wildman–Crippen LogP) is 5.54. The van der Waals surface area contributed by atoms with Crippen molar-refractivity contribution < 1.29 is 23.7 Å². The van der Waals surface area contributed by atoms with Crippen molar-refractivity contribution >= 4 is 11.5 Å². The van der Waals surface area contributed by atoms with Gasteiger partial charge in [-0.25, -0.2) is 0 Å². The molecule has 0 spiro atoms. The Balaban J connectivity index is 1.85.